The summed E-state index contributed by atoms with van der Waals surface area (Å²) in [6.07, 6.45) is 8.40. The quantitative estimate of drug-likeness (QED) is 0.858. The standard InChI is InChI=1S/C21H28N4O/c1-17-8-7-12-20(23-17)16-25(15-13-18-9-5-6-14-22-18)21(26)24-19-10-3-2-4-11-19/h5-9,12,14,19H,2-4,10-11,13,15-16H2,1H3,(H,24,26). The Morgan fingerprint density at radius 2 is 1.92 bits per heavy atom. The van der Waals surface area contributed by atoms with Crippen LogP contribution in [-0.4, -0.2) is 33.5 Å². The van der Waals surface area contributed by atoms with Gasteiger partial charge in [0.2, 0.25) is 0 Å². The molecule has 2 amide bonds. The lowest BCUT2D eigenvalue weighted by molar-refractivity contribution is 0.187. The molecule has 2 heterocycles. The molecule has 1 saturated carbocycles. The third-order valence-electron chi connectivity index (χ3n) is 4.88. The summed E-state index contributed by atoms with van der Waals surface area (Å²) in [5, 5.41) is 3.23. The van der Waals surface area contributed by atoms with Crippen molar-refractivity contribution in [1.82, 2.24) is 20.2 Å². The van der Waals surface area contributed by atoms with Gasteiger partial charge < -0.3 is 10.2 Å². The molecule has 3 rings (SSSR count). The van der Waals surface area contributed by atoms with Crippen LogP contribution in [0.3, 0.4) is 0 Å². The van der Waals surface area contributed by atoms with Gasteiger partial charge in [0, 0.05) is 36.6 Å². The van der Waals surface area contributed by atoms with Crippen molar-refractivity contribution < 1.29 is 4.79 Å². The van der Waals surface area contributed by atoms with E-state index in [1.54, 1.807) is 6.20 Å². The molecule has 5 nitrogen and oxygen atoms in total. The van der Waals surface area contributed by atoms with Crippen LogP contribution in [0.2, 0.25) is 0 Å². The minimum absolute atomic E-state index is 0.0103. The monoisotopic (exact) mass is 352 g/mol. The van der Waals surface area contributed by atoms with Crippen molar-refractivity contribution in [1.29, 1.82) is 0 Å². The van der Waals surface area contributed by atoms with Crippen molar-refractivity contribution in [3.8, 4) is 0 Å². The molecule has 0 radical (unpaired) electrons. The van der Waals surface area contributed by atoms with Gasteiger partial charge in [-0.25, -0.2) is 4.79 Å². The van der Waals surface area contributed by atoms with Gasteiger partial charge in [0.25, 0.3) is 0 Å². The molecule has 0 saturated heterocycles. The molecule has 1 aliphatic carbocycles. The maximum Gasteiger partial charge on any atom is 0.317 e. The molecule has 138 valence electrons. The highest BCUT2D eigenvalue weighted by Gasteiger charge is 2.20. The van der Waals surface area contributed by atoms with E-state index in [2.05, 4.69) is 15.3 Å². The molecule has 0 atom stereocenters. The van der Waals surface area contributed by atoms with Gasteiger partial charge in [-0.15, -0.1) is 0 Å². The Hall–Kier alpha value is -2.43. The van der Waals surface area contributed by atoms with Crippen molar-refractivity contribution in [2.45, 2.75) is 58.0 Å². The fraction of sp³-hybridized carbons (Fsp3) is 0.476. The minimum Gasteiger partial charge on any atom is -0.335 e. The zero-order chi connectivity index (χ0) is 18.2. The topological polar surface area (TPSA) is 58.1 Å². The highest BCUT2D eigenvalue weighted by atomic mass is 16.2. The van der Waals surface area contributed by atoms with Gasteiger partial charge in [-0.05, 0) is 44.0 Å². The molecular formula is C21H28N4O. The number of aromatic nitrogens is 2. The molecule has 1 N–H and O–H groups in total. The van der Waals surface area contributed by atoms with Crippen LogP contribution in [0.1, 0.15) is 49.2 Å². The van der Waals surface area contributed by atoms with Gasteiger partial charge >= 0.3 is 6.03 Å². The van der Waals surface area contributed by atoms with E-state index in [-0.39, 0.29) is 6.03 Å². The Balaban J connectivity index is 1.66. The Labute approximate surface area is 155 Å². The first-order chi connectivity index (χ1) is 12.7. The van der Waals surface area contributed by atoms with Crippen LogP contribution >= 0.6 is 0 Å². The Kier molecular flexibility index (Phi) is 6.58. The molecule has 1 aliphatic rings. The predicted octanol–water partition coefficient (Wildman–Crippen LogP) is 3.87. The second-order valence-corrected chi connectivity index (χ2v) is 7.05. The molecule has 2 aromatic heterocycles. The first kappa shape index (κ1) is 18.4. The summed E-state index contributed by atoms with van der Waals surface area (Å²) in [5.41, 5.74) is 2.89. The Morgan fingerprint density at radius 3 is 2.65 bits per heavy atom. The summed E-state index contributed by atoms with van der Waals surface area (Å²) < 4.78 is 0. The Morgan fingerprint density at radius 1 is 1.12 bits per heavy atom. The first-order valence-corrected chi connectivity index (χ1v) is 9.58. The van der Waals surface area contributed by atoms with Gasteiger partial charge in [-0.2, -0.15) is 0 Å². The number of carbonyl (C=O) groups excluding carboxylic acids is 1. The second-order valence-electron chi connectivity index (χ2n) is 7.05. The van der Waals surface area contributed by atoms with E-state index in [1.807, 2.05) is 48.2 Å². The number of pyridine rings is 2. The van der Waals surface area contributed by atoms with Gasteiger partial charge in [0.1, 0.15) is 0 Å². The number of nitrogens with zero attached hydrogens (tertiary/aromatic N) is 3. The van der Waals surface area contributed by atoms with E-state index < -0.39 is 0 Å². The van der Waals surface area contributed by atoms with Crippen LogP contribution in [0.25, 0.3) is 0 Å². The molecule has 2 aromatic rings. The van der Waals surface area contributed by atoms with Crippen LogP contribution in [0.5, 0.6) is 0 Å². The fourth-order valence-corrected chi connectivity index (χ4v) is 3.44. The summed E-state index contributed by atoms with van der Waals surface area (Å²) >= 11 is 0. The second kappa shape index (κ2) is 9.32. The van der Waals surface area contributed by atoms with Crippen LogP contribution in [0, 0.1) is 6.92 Å². The van der Waals surface area contributed by atoms with Crippen molar-refractivity contribution in [3.63, 3.8) is 0 Å². The van der Waals surface area contributed by atoms with E-state index in [0.29, 0.717) is 19.1 Å². The molecule has 0 bridgehead atoms. The van der Waals surface area contributed by atoms with E-state index in [1.165, 1.54) is 19.3 Å². The Bertz CT molecular complexity index is 698. The number of hydrogen-bond acceptors (Lipinski definition) is 3. The number of carbonyl (C=O) groups is 1. The van der Waals surface area contributed by atoms with Gasteiger partial charge in [0.15, 0.2) is 0 Å². The molecule has 0 aliphatic heterocycles. The lowest BCUT2D eigenvalue weighted by atomic mass is 9.96. The fourth-order valence-electron chi connectivity index (χ4n) is 3.44. The lowest BCUT2D eigenvalue weighted by Gasteiger charge is -2.28. The molecule has 26 heavy (non-hydrogen) atoms. The zero-order valence-electron chi connectivity index (χ0n) is 15.5. The smallest absolute Gasteiger partial charge is 0.317 e. The maximum atomic E-state index is 12.9. The molecule has 1 fully saturated rings. The summed E-state index contributed by atoms with van der Waals surface area (Å²) in [6.45, 7) is 3.13. The molecular weight excluding hydrogens is 324 g/mol. The SMILES string of the molecule is Cc1cccc(CN(CCc2ccccn2)C(=O)NC2CCCCC2)n1. The van der Waals surface area contributed by atoms with Crippen molar-refractivity contribution >= 4 is 6.03 Å². The lowest BCUT2D eigenvalue weighted by Crippen LogP contribution is -2.46. The number of hydrogen-bond donors (Lipinski definition) is 1. The van der Waals surface area contributed by atoms with Crippen molar-refractivity contribution in [2.24, 2.45) is 0 Å². The third kappa shape index (κ3) is 5.55. The summed E-state index contributed by atoms with van der Waals surface area (Å²) in [4.78, 5) is 23.7. The highest BCUT2D eigenvalue weighted by molar-refractivity contribution is 5.74. The zero-order valence-corrected chi connectivity index (χ0v) is 15.5. The summed E-state index contributed by atoms with van der Waals surface area (Å²) in [6, 6.07) is 12.2. The molecule has 0 spiro atoms. The van der Waals surface area contributed by atoms with E-state index in [0.717, 1.165) is 36.3 Å². The van der Waals surface area contributed by atoms with E-state index in [4.69, 9.17) is 0 Å². The first-order valence-electron chi connectivity index (χ1n) is 9.58. The number of rotatable bonds is 6. The molecule has 0 unspecified atom stereocenters. The van der Waals surface area contributed by atoms with Crippen LogP contribution in [-0.2, 0) is 13.0 Å². The number of aryl methyl sites for hydroxylation is 1. The van der Waals surface area contributed by atoms with Gasteiger partial charge in [0.05, 0.1) is 12.2 Å². The highest BCUT2D eigenvalue weighted by Crippen LogP contribution is 2.18. The van der Waals surface area contributed by atoms with Gasteiger partial charge in [-0.3, -0.25) is 9.97 Å². The molecule has 0 aromatic carbocycles. The number of amides is 2. The van der Waals surface area contributed by atoms with E-state index in [9.17, 15) is 4.79 Å². The number of urea groups is 1. The predicted molar refractivity (Wildman–Crippen MR) is 103 cm³/mol. The third-order valence-corrected chi connectivity index (χ3v) is 4.88. The molecule has 5 heteroatoms. The van der Waals surface area contributed by atoms with Gasteiger partial charge in [-0.1, -0.05) is 31.4 Å². The average Bonchev–Trinajstić information content (AvgIpc) is 2.67. The number of nitrogens with one attached hydrogen (secondary N) is 1. The summed E-state index contributed by atoms with van der Waals surface area (Å²) in [5.74, 6) is 0. The van der Waals surface area contributed by atoms with Crippen molar-refractivity contribution in [3.05, 3.63) is 59.7 Å². The largest absolute Gasteiger partial charge is 0.335 e. The van der Waals surface area contributed by atoms with Crippen LogP contribution in [0.4, 0.5) is 4.79 Å². The average molecular weight is 352 g/mol. The van der Waals surface area contributed by atoms with Crippen LogP contribution in [0.15, 0.2) is 42.6 Å². The maximum absolute atomic E-state index is 12.9. The van der Waals surface area contributed by atoms with Crippen LogP contribution < -0.4 is 5.32 Å². The normalized spacial score (nSPS) is 14.8. The summed E-state index contributed by atoms with van der Waals surface area (Å²) in [7, 11) is 0. The minimum atomic E-state index is 0.0103. The van der Waals surface area contributed by atoms with E-state index >= 15 is 0 Å². The van der Waals surface area contributed by atoms with Crippen molar-refractivity contribution in [2.75, 3.05) is 6.54 Å².